The van der Waals surface area contributed by atoms with E-state index in [4.69, 9.17) is 9.40 Å². The Hall–Kier alpha value is -3.76. The summed E-state index contributed by atoms with van der Waals surface area (Å²) >= 11 is 0. The highest BCUT2D eigenvalue weighted by Crippen LogP contribution is 2.48. The number of para-hydroxylation sites is 1. The average molecular weight is 485 g/mol. The molecule has 1 aliphatic carbocycles. The number of aromatic amines is 1. The Morgan fingerprint density at radius 1 is 1.14 bits per heavy atom. The molecule has 6 rings (SSSR count). The van der Waals surface area contributed by atoms with Crippen LogP contribution in [0.3, 0.4) is 0 Å². The number of fused-ring (bicyclic) bond motifs is 2. The molecule has 4 aromatic rings. The van der Waals surface area contributed by atoms with Crippen molar-refractivity contribution in [3.8, 4) is 0 Å². The van der Waals surface area contributed by atoms with E-state index in [0.717, 1.165) is 11.1 Å². The molecule has 1 N–H and O–H groups in total. The van der Waals surface area contributed by atoms with Crippen LogP contribution >= 0.6 is 0 Å². The van der Waals surface area contributed by atoms with Crippen LogP contribution in [0.2, 0.25) is 0 Å². The summed E-state index contributed by atoms with van der Waals surface area (Å²) in [6, 6.07) is 10.4. The van der Waals surface area contributed by atoms with Gasteiger partial charge in [0.15, 0.2) is 11.6 Å². The molecular formula is C24H19F4N5O2. The van der Waals surface area contributed by atoms with Crippen LogP contribution in [0.15, 0.2) is 47.1 Å². The fourth-order valence-electron chi connectivity index (χ4n) is 4.82. The zero-order chi connectivity index (χ0) is 24.3. The van der Waals surface area contributed by atoms with Gasteiger partial charge in [-0.2, -0.15) is 0 Å². The minimum atomic E-state index is -3.10. The van der Waals surface area contributed by atoms with E-state index in [0.29, 0.717) is 23.3 Å². The predicted octanol–water partition coefficient (Wildman–Crippen LogP) is 5.18. The van der Waals surface area contributed by atoms with Gasteiger partial charge in [0, 0.05) is 42.8 Å². The summed E-state index contributed by atoms with van der Waals surface area (Å²) in [5, 5.41) is 0.907. The Morgan fingerprint density at radius 2 is 1.94 bits per heavy atom. The largest absolute Gasteiger partial charge is 0.435 e. The SMILES string of the molecule is O=C(c1oc(C2CC(F)(F)C2)nc1C(F)F)N1CCc2[nH]cnc2[C@H]1c1ccc2ccccc2n1. The number of nitrogens with zero attached hydrogens (tertiary/aromatic N) is 4. The van der Waals surface area contributed by atoms with Crippen molar-refractivity contribution in [3.63, 3.8) is 0 Å². The number of amides is 1. The highest BCUT2D eigenvalue weighted by atomic mass is 19.3. The number of rotatable bonds is 4. The Morgan fingerprint density at radius 3 is 2.71 bits per heavy atom. The van der Waals surface area contributed by atoms with Gasteiger partial charge >= 0.3 is 0 Å². The maximum absolute atomic E-state index is 13.8. The predicted molar refractivity (Wildman–Crippen MR) is 115 cm³/mol. The van der Waals surface area contributed by atoms with Gasteiger partial charge in [-0.15, -0.1) is 0 Å². The lowest BCUT2D eigenvalue weighted by Gasteiger charge is -2.34. The fourth-order valence-corrected chi connectivity index (χ4v) is 4.82. The minimum Gasteiger partial charge on any atom is -0.435 e. The van der Waals surface area contributed by atoms with Crippen molar-refractivity contribution in [2.45, 2.75) is 43.6 Å². The topological polar surface area (TPSA) is 87.9 Å². The van der Waals surface area contributed by atoms with E-state index >= 15 is 0 Å². The molecular weight excluding hydrogens is 466 g/mol. The normalized spacial score (nSPS) is 19.7. The second-order valence-electron chi connectivity index (χ2n) is 8.87. The van der Waals surface area contributed by atoms with Gasteiger partial charge in [0.05, 0.1) is 23.2 Å². The van der Waals surface area contributed by atoms with Crippen LogP contribution in [-0.2, 0) is 6.42 Å². The number of H-pyrrole nitrogens is 1. The van der Waals surface area contributed by atoms with E-state index in [1.807, 2.05) is 30.3 Å². The van der Waals surface area contributed by atoms with Gasteiger partial charge in [0.1, 0.15) is 6.04 Å². The van der Waals surface area contributed by atoms with Crippen molar-refractivity contribution in [3.05, 3.63) is 77.2 Å². The number of aromatic nitrogens is 4. The second-order valence-corrected chi connectivity index (χ2v) is 8.87. The average Bonchev–Trinajstić information content (AvgIpc) is 3.48. The molecule has 7 nitrogen and oxygen atoms in total. The summed E-state index contributed by atoms with van der Waals surface area (Å²) in [4.78, 5) is 30.9. The third-order valence-electron chi connectivity index (χ3n) is 6.60. The van der Waals surface area contributed by atoms with Crippen LogP contribution in [0.5, 0.6) is 0 Å². The molecule has 1 aromatic carbocycles. The number of carbonyl (C=O) groups excluding carboxylic acids is 1. The highest BCUT2D eigenvalue weighted by molar-refractivity contribution is 5.93. The molecule has 35 heavy (non-hydrogen) atoms. The Kier molecular flexibility index (Phi) is 4.90. The molecule has 0 saturated heterocycles. The maximum atomic E-state index is 13.8. The number of nitrogens with one attached hydrogen (secondary N) is 1. The quantitative estimate of drug-likeness (QED) is 0.402. The van der Waals surface area contributed by atoms with Crippen molar-refractivity contribution in [1.29, 1.82) is 0 Å². The van der Waals surface area contributed by atoms with Gasteiger partial charge in [-0.1, -0.05) is 24.3 Å². The van der Waals surface area contributed by atoms with Crippen LogP contribution in [0.4, 0.5) is 17.6 Å². The number of pyridine rings is 1. The molecule has 11 heteroatoms. The molecule has 1 aliphatic heterocycles. The van der Waals surface area contributed by atoms with E-state index in [2.05, 4.69) is 15.0 Å². The lowest BCUT2D eigenvalue weighted by Crippen LogP contribution is -2.41. The summed E-state index contributed by atoms with van der Waals surface area (Å²) in [5.41, 5.74) is 1.77. The van der Waals surface area contributed by atoms with Crippen LogP contribution in [0.25, 0.3) is 10.9 Å². The molecule has 3 aromatic heterocycles. The number of carbonyl (C=O) groups is 1. The number of benzene rings is 1. The van der Waals surface area contributed by atoms with Gasteiger partial charge in [0.25, 0.3) is 12.3 Å². The van der Waals surface area contributed by atoms with Gasteiger partial charge in [0.2, 0.25) is 11.7 Å². The molecule has 0 radical (unpaired) electrons. The first kappa shape index (κ1) is 21.8. The highest BCUT2D eigenvalue weighted by Gasteiger charge is 2.49. The van der Waals surface area contributed by atoms with Gasteiger partial charge < -0.3 is 14.3 Å². The fraction of sp³-hybridized carbons (Fsp3) is 0.333. The van der Waals surface area contributed by atoms with Crippen molar-refractivity contribution >= 4 is 16.8 Å². The number of imidazole rings is 1. The van der Waals surface area contributed by atoms with Crippen LogP contribution in [0, 0.1) is 0 Å². The number of hydrogen-bond acceptors (Lipinski definition) is 5. The van der Waals surface area contributed by atoms with Gasteiger partial charge in [-0.05, 0) is 12.1 Å². The van der Waals surface area contributed by atoms with Gasteiger partial charge in [-0.3, -0.25) is 9.78 Å². The van der Waals surface area contributed by atoms with E-state index in [9.17, 15) is 22.4 Å². The monoisotopic (exact) mass is 485 g/mol. The lowest BCUT2D eigenvalue weighted by atomic mass is 9.81. The summed E-state index contributed by atoms with van der Waals surface area (Å²) in [6.07, 6.45) is -2.26. The molecule has 1 fully saturated rings. The zero-order valence-corrected chi connectivity index (χ0v) is 18.2. The Balaban J connectivity index is 1.41. The lowest BCUT2D eigenvalue weighted by molar-refractivity contribution is -0.0918. The molecule has 4 heterocycles. The van der Waals surface area contributed by atoms with Gasteiger partial charge in [-0.25, -0.2) is 27.5 Å². The first-order valence-electron chi connectivity index (χ1n) is 11.2. The van der Waals surface area contributed by atoms with Crippen molar-refractivity contribution < 1.29 is 26.8 Å². The molecule has 1 saturated carbocycles. The Bertz CT molecular complexity index is 1420. The third kappa shape index (κ3) is 3.65. The standard InChI is InChI=1S/C24H19F4N5O2/c25-21(26)18-20(35-22(32-18)13-9-24(27,28)10-13)23(34)33-8-7-15-17(30-11-29-15)19(33)16-6-5-12-3-1-2-4-14(12)31-16/h1-6,11,13,19,21H,7-10H2,(H,29,30)/t19-/m1/s1. The summed E-state index contributed by atoms with van der Waals surface area (Å²) < 4.78 is 59.8. The summed E-state index contributed by atoms with van der Waals surface area (Å²) in [5.74, 6) is -5.38. The number of oxazole rings is 1. The zero-order valence-electron chi connectivity index (χ0n) is 18.2. The number of halogens is 4. The summed E-state index contributed by atoms with van der Waals surface area (Å²) in [6.45, 7) is 0.188. The first-order valence-corrected chi connectivity index (χ1v) is 11.2. The molecule has 0 spiro atoms. The van der Waals surface area contributed by atoms with Crippen LogP contribution in [0.1, 0.15) is 70.4 Å². The van der Waals surface area contributed by atoms with E-state index in [1.165, 1.54) is 11.2 Å². The molecule has 1 atom stereocenters. The van der Waals surface area contributed by atoms with Crippen LogP contribution < -0.4 is 0 Å². The van der Waals surface area contributed by atoms with Crippen molar-refractivity contribution in [2.24, 2.45) is 0 Å². The van der Waals surface area contributed by atoms with E-state index in [1.54, 1.807) is 6.07 Å². The first-order chi connectivity index (χ1) is 16.8. The van der Waals surface area contributed by atoms with E-state index < -0.39 is 54.5 Å². The molecule has 0 bridgehead atoms. The second kappa shape index (κ2) is 7.89. The molecule has 1 amide bonds. The molecule has 0 unspecified atom stereocenters. The smallest absolute Gasteiger partial charge is 0.292 e. The summed E-state index contributed by atoms with van der Waals surface area (Å²) in [7, 11) is 0. The minimum absolute atomic E-state index is 0.188. The molecule has 2 aliphatic rings. The molecule has 180 valence electrons. The number of hydrogen-bond donors (Lipinski definition) is 1. The van der Waals surface area contributed by atoms with Crippen LogP contribution in [-0.4, -0.2) is 43.2 Å². The maximum Gasteiger partial charge on any atom is 0.292 e. The van der Waals surface area contributed by atoms with Crippen molar-refractivity contribution in [2.75, 3.05) is 6.54 Å². The number of alkyl halides is 4. The van der Waals surface area contributed by atoms with Crippen molar-refractivity contribution in [1.82, 2.24) is 24.8 Å². The third-order valence-corrected chi connectivity index (χ3v) is 6.60. The Labute approximate surface area is 196 Å². The van der Waals surface area contributed by atoms with E-state index in [-0.39, 0.29) is 12.4 Å².